The molecule has 1 saturated carbocycles. The van der Waals surface area contributed by atoms with Gasteiger partial charge in [0.15, 0.2) is 0 Å². The average molecular weight is 343 g/mol. The Morgan fingerprint density at radius 2 is 1.48 bits per heavy atom. The lowest BCUT2D eigenvalue weighted by atomic mass is 9.77. The van der Waals surface area contributed by atoms with Crippen molar-refractivity contribution in [3.8, 4) is 0 Å². The van der Waals surface area contributed by atoms with E-state index in [1.54, 1.807) is 0 Å². The summed E-state index contributed by atoms with van der Waals surface area (Å²) in [4.78, 5) is 25.3. The highest BCUT2D eigenvalue weighted by Crippen LogP contribution is 2.37. The van der Waals surface area contributed by atoms with Crippen LogP contribution in [0.25, 0.3) is 0 Å². The molecular weight excluding hydrogens is 314 g/mol. The number of likely N-dealkylation sites (tertiary alicyclic amines) is 1. The van der Waals surface area contributed by atoms with Crippen molar-refractivity contribution in [3.63, 3.8) is 0 Å². The average Bonchev–Trinajstić information content (AvgIpc) is 2.63. The predicted octanol–water partition coefficient (Wildman–Crippen LogP) is 4.06. The van der Waals surface area contributed by atoms with Gasteiger partial charge in [0.2, 0.25) is 5.91 Å². The van der Waals surface area contributed by atoms with E-state index in [1.165, 1.54) is 18.4 Å². The molecule has 3 rings (SSSR count). The van der Waals surface area contributed by atoms with Crippen molar-refractivity contribution >= 4 is 11.9 Å². The first-order chi connectivity index (χ1) is 12.1. The van der Waals surface area contributed by atoms with Crippen LogP contribution in [0, 0.1) is 11.8 Å². The van der Waals surface area contributed by atoms with E-state index in [0.717, 1.165) is 38.8 Å². The van der Waals surface area contributed by atoms with Crippen LogP contribution in [0.5, 0.6) is 0 Å². The molecule has 4 nitrogen and oxygen atoms in total. The number of aliphatic carboxylic acids is 1. The molecule has 0 bridgehead atoms. The molecule has 4 heteroatoms. The predicted molar refractivity (Wildman–Crippen MR) is 97.3 cm³/mol. The summed E-state index contributed by atoms with van der Waals surface area (Å²) in [6, 6.07) is 10.7. The summed E-state index contributed by atoms with van der Waals surface area (Å²) in [7, 11) is 0. The highest BCUT2D eigenvalue weighted by atomic mass is 16.4. The van der Waals surface area contributed by atoms with Gasteiger partial charge in [-0.05, 0) is 61.8 Å². The van der Waals surface area contributed by atoms with Crippen molar-refractivity contribution in [1.29, 1.82) is 0 Å². The van der Waals surface area contributed by atoms with E-state index in [1.807, 2.05) is 4.90 Å². The number of carboxylic acids is 1. The number of piperidine rings is 1. The fourth-order valence-corrected chi connectivity index (χ4v) is 4.43. The lowest BCUT2D eigenvalue weighted by Gasteiger charge is -2.34. The number of benzene rings is 1. The van der Waals surface area contributed by atoms with Crippen LogP contribution < -0.4 is 0 Å². The number of hydrogen-bond acceptors (Lipinski definition) is 2. The third-order valence-corrected chi connectivity index (χ3v) is 6.01. The van der Waals surface area contributed by atoms with Gasteiger partial charge in [-0.15, -0.1) is 0 Å². The molecule has 0 atom stereocenters. The van der Waals surface area contributed by atoms with E-state index in [-0.39, 0.29) is 18.2 Å². The van der Waals surface area contributed by atoms with Gasteiger partial charge in [-0.1, -0.05) is 30.3 Å². The number of carboxylic acid groups (broad SMARTS) is 1. The van der Waals surface area contributed by atoms with Crippen LogP contribution in [0.4, 0.5) is 0 Å². The summed E-state index contributed by atoms with van der Waals surface area (Å²) in [5.41, 5.74) is 1.44. The lowest BCUT2D eigenvalue weighted by molar-refractivity contribution is -0.138. The Balaban J connectivity index is 1.40. The second-order valence-electron chi connectivity index (χ2n) is 7.75. The zero-order valence-electron chi connectivity index (χ0n) is 14.9. The molecule has 136 valence electrons. The van der Waals surface area contributed by atoms with Crippen molar-refractivity contribution < 1.29 is 14.7 Å². The van der Waals surface area contributed by atoms with Gasteiger partial charge in [0, 0.05) is 25.9 Å². The standard InChI is InChI=1S/C21H29NO3/c23-20(22-12-10-17(11-13-22)15-21(24)25)14-16-6-8-19(9-7-16)18-4-2-1-3-5-18/h1-5,16-17,19H,6-15H2,(H,24,25). The maximum Gasteiger partial charge on any atom is 0.303 e. The van der Waals surface area contributed by atoms with Crippen LogP contribution in [-0.4, -0.2) is 35.0 Å². The zero-order valence-corrected chi connectivity index (χ0v) is 14.9. The number of amides is 1. The molecule has 25 heavy (non-hydrogen) atoms. The monoisotopic (exact) mass is 343 g/mol. The summed E-state index contributed by atoms with van der Waals surface area (Å²) in [5, 5.41) is 8.88. The smallest absolute Gasteiger partial charge is 0.303 e. The quantitative estimate of drug-likeness (QED) is 0.877. The topological polar surface area (TPSA) is 57.6 Å². The summed E-state index contributed by atoms with van der Waals surface area (Å²) in [6.07, 6.45) is 7.22. The van der Waals surface area contributed by atoms with E-state index < -0.39 is 5.97 Å². The highest BCUT2D eigenvalue weighted by molar-refractivity contribution is 5.76. The molecule has 1 N–H and O–H groups in total. The molecule has 2 aliphatic rings. The Morgan fingerprint density at radius 1 is 0.880 bits per heavy atom. The number of hydrogen-bond donors (Lipinski definition) is 1. The molecule has 1 saturated heterocycles. The minimum Gasteiger partial charge on any atom is -0.481 e. The Hall–Kier alpha value is -1.84. The van der Waals surface area contributed by atoms with Crippen LogP contribution >= 0.6 is 0 Å². The third kappa shape index (κ3) is 5.07. The summed E-state index contributed by atoms with van der Waals surface area (Å²) in [6.45, 7) is 1.46. The zero-order chi connectivity index (χ0) is 17.6. The first kappa shape index (κ1) is 18.0. The van der Waals surface area contributed by atoms with Gasteiger partial charge in [-0.3, -0.25) is 9.59 Å². The van der Waals surface area contributed by atoms with Crippen LogP contribution in [-0.2, 0) is 9.59 Å². The molecule has 1 amide bonds. The number of nitrogens with zero attached hydrogens (tertiary/aromatic N) is 1. The molecule has 1 aromatic rings. The second kappa shape index (κ2) is 8.50. The van der Waals surface area contributed by atoms with Gasteiger partial charge in [0.25, 0.3) is 0 Å². The lowest BCUT2D eigenvalue weighted by Crippen LogP contribution is -2.39. The minimum absolute atomic E-state index is 0.239. The van der Waals surface area contributed by atoms with Crippen molar-refractivity contribution in [2.24, 2.45) is 11.8 Å². The number of carbonyl (C=O) groups is 2. The van der Waals surface area contributed by atoms with Crippen LogP contribution in [0.15, 0.2) is 30.3 Å². The largest absolute Gasteiger partial charge is 0.481 e. The van der Waals surface area contributed by atoms with E-state index in [0.29, 0.717) is 18.3 Å². The third-order valence-electron chi connectivity index (χ3n) is 6.01. The molecule has 1 heterocycles. The molecule has 1 aliphatic carbocycles. The molecule has 2 fully saturated rings. The Kier molecular flexibility index (Phi) is 6.11. The van der Waals surface area contributed by atoms with Gasteiger partial charge < -0.3 is 10.0 Å². The normalized spacial score (nSPS) is 24.9. The van der Waals surface area contributed by atoms with E-state index >= 15 is 0 Å². The van der Waals surface area contributed by atoms with Crippen molar-refractivity contribution in [2.75, 3.05) is 13.1 Å². The first-order valence-corrected chi connectivity index (χ1v) is 9.66. The number of rotatable bonds is 5. The SMILES string of the molecule is O=C(O)CC1CCN(C(=O)CC2CCC(c3ccccc3)CC2)CC1. The molecule has 1 aromatic carbocycles. The fraction of sp³-hybridized carbons (Fsp3) is 0.619. The Labute approximate surface area is 150 Å². The van der Waals surface area contributed by atoms with Crippen molar-refractivity contribution in [1.82, 2.24) is 4.90 Å². The Morgan fingerprint density at radius 3 is 2.08 bits per heavy atom. The highest BCUT2D eigenvalue weighted by Gasteiger charge is 2.28. The van der Waals surface area contributed by atoms with E-state index in [4.69, 9.17) is 5.11 Å². The number of carbonyl (C=O) groups excluding carboxylic acids is 1. The van der Waals surface area contributed by atoms with Gasteiger partial charge in [0.1, 0.15) is 0 Å². The van der Waals surface area contributed by atoms with Crippen LogP contribution in [0.1, 0.15) is 62.8 Å². The molecular formula is C21H29NO3. The van der Waals surface area contributed by atoms with E-state index in [9.17, 15) is 9.59 Å². The summed E-state index contributed by atoms with van der Waals surface area (Å²) >= 11 is 0. The molecule has 1 aliphatic heterocycles. The minimum atomic E-state index is -0.722. The van der Waals surface area contributed by atoms with Crippen molar-refractivity contribution in [3.05, 3.63) is 35.9 Å². The van der Waals surface area contributed by atoms with E-state index in [2.05, 4.69) is 30.3 Å². The maximum atomic E-state index is 12.6. The fourth-order valence-electron chi connectivity index (χ4n) is 4.43. The molecule has 0 aromatic heterocycles. The van der Waals surface area contributed by atoms with Gasteiger partial charge in [-0.2, -0.15) is 0 Å². The molecule has 0 radical (unpaired) electrons. The van der Waals surface area contributed by atoms with Crippen LogP contribution in [0.3, 0.4) is 0 Å². The van der Waals surface area contributed by atoms with Gasteiger partial charge in [-0.25, -0.2) is 0 Å². The summed E-state index contributed by atoms with van der Waals surface area (Å²) in [5.74, 6) is 0.961. The van der Waals surface area contributed by atoms with Gasteiger partial charge in [0.05, 0.1) is 0 Å². The van der Waals surface area contributed by atoms with Crippen LogP contribution in [0.2, 0.25) is 0 Å². The van der Waals surface area contributed by atoms with Gasteiger partial charge >= 0.3 is 5.97 Å². The summed E-state index contributed by atoms with van der Waals surface area (Å²) < 4.78 is 0. The molecule has 0 spiro atoms. The molecule has 0 unspecified atom stereocenters. The Bertz CT molecular complexity index is 570. The second-order valence-corrected chi connectivity index (χ2v) is 7.75. The maximum absolute atomic E-state index is 12.6. The van der Waals surface area contributed by atoms with Crippen molar-refractivity contribution in [2.45, 2.75) is 57.3 Å². The first-order valence-electron chi connectivity index (χ1n) is 9.66.